The molecule has 1 N–H and O–H groups in total. The molecule has 0 aliphatic heterocycles. The highest BCUT2D eigenvalue weighted by Gasteiger charge is 2.37. The molecule has 2 aromatic carbocycles. The van der Waals surface area contributed by atoms with E-state index in [0.29, 0.717) is 28.5 Å². The van der Waals surface area contributed by atoms with Crippen LogP contribution in [0.1, 0.15) is 38.8 Å². The fourth-order valence-electron chi connectivity index (χ4n) is 4.18. The van der Waals surface area contributed by atoms with E-state index in [2.05, 4.69) is 20.7 Å². The molecule has 45 heavy (non-hydrogen) atoms. The van der Waals surface area contributed by atoms with Crippen LogP contribution in [0.4, 0.5) is 5.82 Å². The molecule has 13 nitrogen and oxygen atoms in total. The number of nitrogens with one attached hydrogen (secondary N) is 1. The third-order valence-electron chi connectivity index (χ3n) is 6.04. The van der Waals surface area contributed by atoms with Crippen LogP contribution in [0, 0.1) is 0 Å². The van der Waals surface area contributed by atoms with E-state index in [4.69, 9.17) is 35.3 Å². The minimum absolute atomic E-state index is 0.261. The molecule has 3 atom stereocenters. The van der Waals surface area contributed by atoms with Gasteiger partial charge in [0, 0.05) is 50.3 Å². The number of hydrazone groups is 1. The fourth-order valence-corrected chi connectivity index (χ4v) is 4.30. The topological polar surface area (TPSA) is 165 Å². The molecule has 3 rings (SSSR count). The van der Waals surface area contributed by atoms with Crippen molar-refractivity contribution >= 4 is 47.5 Å². The summed E-state index contributed by atoms with van der Waals surface area (Å²) >= 11 is 6.05. The maximum absolute atomic E-state index is 12.0. The van der Waals surface area contributed by atoms with Crippen molar-refractivity contribution in [3.8, 4) is 17.0 Å². The Morgan fingerprint density at radius 3 is 2.16 bits per heavy atom. The number of carbonyl (C=O) groups excluding carboxylic acids is 4. The van der Waals surface area contributed by atoms with Gasteiger partial charge in [0.25, 0.3) is 0 Å². The molecule has 1 heterocycles. The summed E-state index contributed by atoms with van der Waals surface area (Å²) in [6, 6.07) is 16.4. The third-order valence-corrected chi connectivity index (χ3v) is 6.29. The summed E-state index contributed by atoms with van der Waals surface area (Å²) in [7, 11) is 1.57. The van der Waals surface area contributed by atoms with Gasteiger partial charge >= 0.3 is 23.9 Å². The van der Waals surface area contributed by atoms with Gasteiger partial charge in [0.05, 0.1) is 19.0 Å². The van der Waals surface area contributed by atoms with E-state index in [1.165, 1.54) is 0 Å². The maximum atomic E-state index is 12.0. The standard InChI is InChI=1S/C31H33ClN4O9/c1-18(37)42-17-29(44-20(3)39)30(45-21(4)40)28(43-19(2)38)16-33-35-31-24(14-23-8-6-7-9-27(23)41-5)15-26(34-36-31)22-10-12-25(32)13-11-22/h6-13,15-16,28-30H,14,17H2,1-5H3,(H,35,36)/b33-16+/t28-,29-,30+/m1/s1. The number of nitrogens with zero attached hydrogens (tertiary/aromatic N) is 3. The minimum atomic E-state index is -1.42. The van der Waals surface area contributed by atoms with Gasteiger partial charge in [-0.1, -0.05) is 41.9 Å². The first-order chi connectivity index (χ1) is 21.5. The van der Waals surface area contributed by atoms with E-state index in [9.17, 15) is 19.2 Å². The van der Waals surface area contributed by atoms with Crippen molar-refractivity contribution in [3.63, 3.8) is 0 Å². The van der Waals surface area contributed by atoms with Gasteiger partial charge in [-0.15, -0.1) is 10.2 Å². The molecule has 0 aliphatic carbocycles. The largest absolute Gasteiger partial charge is 0.496 e. The van der Waals surface area contributed by atoms with E-state index in [0.717, 1.165) is 45.0 Å². The molecule has 0 saturated carbocycles. The van der Waals surface area contributed by atoms with E-state index in [1.807, 2.05) is 42.5 Å². The minimum Gasteiger partial charge on any atom is -0.496 e. The second-order valence-electron chi connectivity index (χ2n) is 9.59. The van der Waals surface area contributed by atoms with Crippen molar-refractivity contribution in [2.24, 2.45) is 5.10 Å². The predicted octanol–water partition coefficient (Wildman–Crippen LogP) is 4.15. The molecule has 1 aromatic heterocycles. The Labute approximate surface area is 264 Å². The Bertz CT molecular complexity index is 1530. The smallest absolute Gasteiger partial charge is 0.303 e. The van der Waals surface area contributed by atoms with Gasteiger partial charge in [0.1, 0.15) is 12.4 Å². The molecule has 14 heteroatoms. The first-order valence-corrected chi connectivity index (χ1v) is 14.0. The molecule has 0 spiro atoms. The molecule has 0 unspecified atom stereocenters. The zero-order valence-electron chi connectivity index (χ0n) is 25.3. The number of rotatable bonds is 14. The van der Waals surface area contributed by atoms with Gasteiger partial charge in [-0.25, -0.2) is 0 Å². The monoisotopic (exact) mass is 640 g/mol. The van der Waals surface area contributed by atoms with Crippen LogP contribution in [0.25, 0.3) is 11.3 Å². The molecule has 0 bridgehead atoms. The van der Waals surface area contributed by atoms with Crippen molar-refractivity contribution < 1.29 is 42.9 Å². The summed E-state index contributed by atoms with van der Waals surface area (Å²) in [5.74, 6) is -2.02. The average Bonchev–Trinajstić information content (AvgIpc) is 2.98. The summed E-state index contributed by atoms with van der Waals surface area (Å²) in [6.07, 6.45) is -2.62. The lowest BCUT2D eigenvalue weighted by Gasteiger charge is -2.29. The highest BCUT2D eigenvalue weighted by atomic mass is 35.5. The van der Waals surface area contributed by atoms with Crippen LogP contribution in [0.5, 0.6) is 5.75 Å². The number of anilines is 1. The summed E-state index contributed by atoms with van der Waals surface area (Å²) in [5, 5.41) is 13.4. The van der Waals surface area contributed by atoms with Crippen LogP contribution < -0.4 is 10.2 Å². The van der Waals surface area contributed by atoms with Gasteiger partial charge in [0.15, 0.2) is 24.1 Å². The van der Waals surface area contributed by atoms with Crippen LogP contribution in [-0.2, 0) is 44.5 Å². The first kappa shape index (κ1) is 34.5. The predicted molar refractivity (Wildman–Crippen MR) is 164 cm³/mol. The van der Waals surface area contributed by atoms with Crippen LogP contribution in [0.15, 0.2) is 59.7 Å². The Hall–Kier alpha value is -5.04. The molecule has 238 valence electrons. The number of carbonyl (C=O) groups is 4. The normalized spacial score (nSPS) is 12.8. The number of hydrogen-bond donors (Lipinski definition) is 1. The summed E-state index contributed by atoms with van der Waals surface area (Å²) in [4.78, 5) is 47.3. The average molecular weight is 641 g/mol. The molecule has 3 aromatic rings. The van der Waals surface area contributed by atoms with Crippen molar-refractivity contribution in [1.29, 1.82) is 0 Å². The lowest BCUT2D eigenvalue weighted by molar-refractivity contribution is -0.183. The summed E-state index contributed by atoms with van der Waals surface area (Å²) < 4.78 is 26.5. The van der Waals surface area contributed by atoms with Crippen molar-refractivity contribution in [1.82, 2.24) is 10.2 Å². The van der Waals surface area contributed by atoms with Crippen LogP contribution >= 0.6 is 11.6 Å². The van der Waals surface area contributed by atoms with Gasteiger partial charge in [-0.05, 0) is 29.8 Å². The molecule has 0 aliphatic rings. The number of halogens is 1. The fraction of sp³-hybridized carbons (Fsp3) is 0.323. The molecular formula is C31H33ClN4O9. The van der Waals surface area contributed by atoms with Gasteiger partial charge in [-0.2, -0.15) is 5.10 Å². The van der Waals surface area contributed by atoms with E-state index >= 15 is 0 Å². The number of hydrogen-bond acceptors (Lipinski definition) is 13. The third kappa shape index (κ3) is 10.9. The quantitative estimate of drug-likeness (QED) is 0.116. The van der Waals surface area contributed by atoms with Crippen LogP contribution in [0.3, 0.4) is 0 Å². The SMILES string of the molecule is COc1ccccc1Cc1cc(-c2ccc(Cl)cc2)nnc1N/N=C/[C@@H](OC(C)=O)[C@H](OC(C)=O)[C@@H](COC(C)=O)OC(C)=O. The maximum Gasteiger partial charge on any atom is 0.303 e. The van der Waals surface area contributed by atoms with Crippen LogP contribution in [0.2, 0.25) is 5.02 Å². The van der Waals surface area contributed by atoms with Crippen molar-refractivity contribution in [2.45, 2.75) is 52.4 Å². The van der Waals surface area contributed by atoms with Gasteiger partial charge in [-0.3, -0.25) is 24.6 Å². The zero-order chi connectivity index (χ0) is 32.9. The molecule has 0 saturated heterocycles. The number of methoxy groups -OCH3 is 1. The number of ether oxygens (including phenoxy) is 5. The Balaban J connectivity index is 1.99. The van der Waals surface area contributed by atoms with Crippen LogP contribution in [-0.4, -0.2) is 72.3 Å². The summed E-state index contributed by atoms with van der Waals surface area (Å²) in [6.45, 7) is 4.05. The first-order valence-electron chi connectivity index (χ1n) is 13.7. The van der Waals surface area contributed by atoms with Gasteiger partial charge in [0.2, 0.25) is 0 Å². The van der Waals surface area contributed by atoms with E-state index < -0.39 is 48.8 Å². The second kappa shape index (κ2) is 16.7. The Morgan fingerprint density at radius 2 is 1.53 bits per heavy atom. The van der Waals surface area contributed by atoms with E-state index in [-0.39, 0.29) is 5.82 Å². The lowest BCUT2D eigenvalue weighted by Crippen LogP contribution is -2.48. The highest BCUT2D eigenvalue weighted by Crippen LogP contribution is 2.27. The van der Waals surface area contributed by atoms with Gasteiger partial charge < -0.3 is 23.7 Å². The second-order valence-corrected chi connectivity index (χ2v) is 10.0. The number of benzene rings is 2. The molecule has 0 radical (unpaired) electrons. The lowest BCUT2D eigenvalue weighted by atomic mass is 10.0. The molecule has 0 fully saturated rings. The number of aromatic nitrogens is 2. The Kier molecular flexibility index (Phi) is 12.8. The van der Waals surface area contributed by atoms with Crippen molar-refractivity contribution in [2.75, 3.05) is 19.1 Å². The number of para-hydroxylation sites is 1. The molecule has 0 amide bonds. The zero-order valence-corrected chi connectivity index (χ0v) is 26.1. The highest BCUT2D eigenvalue weighted by molar-refractivity contribution is 6.30. The number of esters is 4. The summed E-state index contributed by atoms with van der Waals surface area (Å²) in [5.41, 5.74) is 5.72. The van der Waals surface area contributed by atoms with Crippen molar-refractivity contribution in [3.05, 3.63) is 70.7 Å². The Morgan fingerprint density at radius 1 is 0.867 bits per heavy atom. The van der Waals surface area contributed by atoms with E-state index in [1.54, 1.807) is 19.2 Å². The molecular weight excluding hydrogens is 608 g/mol.